The third kappa shape index (κ3) is 4.22. The molecule has 0 fully saturated rings. The molecule has 9 heteroatoms. The molecule has 0 bridgehead atoms. The van der Waals surface area contributed by atoms with E-state index in [9.17, 15) is 9.59 Å². The molecule has 4 rings (SSSR count). The molecule has 0 amide bonds. The molecule has 0 spiro atoms. The fraction of sp³-hybridized carbons (Fsp3) is 0.250. The maximum absolute atomic E-state index is 13.1. The molecule has 0 aliphatic rings. The van der Waals surface area contributed by atoms with E-state index >= 15 is 0 Å². The molecule has 170 valence electrons. The summed E-state index contributed by atoms with van der Waals surface area (Å²) in [6, 6.07) is 14.0. The first-order valence-corrected chi connectivity index (χ1v) is 10.5. The van der Waals surface area contributed by atoms with Crippen LogP contribution in [0, 0.1) is 0 Å². The minimum Gasteiger partial charge on any atom is -0.462 e. The van der Waals surface area contributed by atoms with Crippen LogP contribution < -0.4 is 5.73 Å². The van der Waals surface area contributed by atoms with Crippen molar-refractivity contribution < 1.29 is 23.8 Å². The van der Waals surface area contributed by atoms with Crippen molar-refractivity contribution in [2.45, 2.75) is 20.0 Å². The number of ether oxygens (including phenoxy) is 3. The Morgan fingerprint density at radius 1 is 1.03 bits per heavy atom. The summed E-state index contributed by atoms with van der Waals surface area (Å²) in [5, 5.41) is 0. The lowest BCUT2D eigenvalue weighted by molar-refractivity contribution is 0.0123. The lowest BCUT2D eigenvalue weighted by Gasteiger charge is -2.12. The molecular formula is C24H24N4O5. The van der Waals surface area contributed by atoms with Gasteiger partial charge in [0.2, 0.25) is 0 Å². The van der Waals surface area contributed by atoms with Crippen LogP contribution in [0.5, 0.6) is 0 Å². The summed E-state index contributed by atoms with van der Waals surface area (Å²) >= 11 is 0. The van der Waals surface area contributed by atoms with Crippen LogP contribution in [0.2, 0.25) is 0 Å². The van der Waals surface area contributed by atoms with Gasteiger partial charge in [-0.3, -0.25) is 4.57 Å². The van der Waals surface area contributed by atoms with Crippen LogP contribution in [0.15, 0.2) is 48.5 Å². The molecule has 33 heavy (non-hydrogen) atoms. The summed E-state index contributed by atoms with van der Waals surface area (Å²) in [5.74, 6) is -0.899. The quantitative estimate of drug-likeness (QED) is 0.427. The number of aromatic nitrogens is 3. The zero-order valence-electron chi connectivity index (χ0n) is 18.6. The number of carbonyl (C=O) groups is 2. The Kier molecular flexibility index (Phi) is 6.23. The number of rotatable bonds is 7. The minimum atomic E-state index is -0.617. The van der Waals surface area contributed by atoms with E-state index in [0.29, 0.717) is 33.4 Å². The van der Waals surface area contributed by atoms with Crippen molar-refractivity contribution in [1.29, 1.82) is 0 Å². The molecule has 0 unspecified atom stereocenters. The van der Waals surface area contributed by atoms with Gasteiger partial charge in [-0.05, 0) is 50.2 Å². The van der Waals surface area contributed by atoms with E-state index in [2.05, 4.69) is 4.98 Å². The van der Waals surface area contributed by atoms with Gasteiger partial charge in [-0.15, -0.1) is 0 Å². The Morgan fingerprint density at radius 2 is 1.70 bits per heavy atom. The van der Waals surface area contributed by atoms with E-state index in [4.69, 9.17) is 24.9 Å². The van der Waals surface area contributed by atoms with Gasteiger partial charge in [0, 0.05) is 12.8 Å². The number of benzene rings is 2. The molecule has 2 aromatic carbocycles. The summed E-state index contributed by atoms with van der Waals surface area (Å²) in [6.45, 7) is 4.00. The van der Waals surface area contributed by atoms with Gasteiger partial charge in [0.05, 0.1) is 29.8 Å². The first-order valence-electron chi connectivity index (χ1n) is 10.5. The van der Waals surface area contributed by atoms with Gasteiger partial charge in [0.25, 0.3) is 0 Å². The summed E-state index contributed by atoms with van der Waals surface area (Å²) in [5.41, 5.74) is 9.61. The average molecular weight is 448 g/mol. The molecule has 0 aliphatic heterocycles. The maximum atomic E-state index is 13.1. The van der Waals surface area contributed by atoms with Gasteiger partial charge in [-0.1, -0.05) is 12.1 Å². The van der Waals surface area contributed by atoms with Crippen LogP contribution in [-0.4, -0.2) is 52.9 Å². The topological polar surface area (TPSA) is 119 Å². The Bertz CT molecular complexity index is 1330. The van der Waals surface area contributed by atoms with E-state index in [1.165, 1.54) is 7.11 Å². The van der Waals surface area contributed by atoms with Gasteiger partial charge < -0.3 is 19.9 Å². The number of hydrogen-bond acceptors (Lipinski definition) is 8. The number of esters is 2. The predicted octanol–water partition coefficient (Wildman–Crippen LogP) is 3.52. The van der Waals surface area contributed by atoms with Crippen LogP contribution in [0.25, 0.3) is 27.9 Å². The first-order chi connectivity index (χ1) is 15.9. The number of hydrogen-bond donors (Lipinski definition) is 1. The highest BCUT2D eigenvalue weighted by molar-refractivity contribution is 6.09. The highest BCUT2D eigenvalue weighted by Gasteiger charge is 2.27. The fourth-order valence-electron chi connectivity index (χ4n) is 3.60. The zero-order chi connectivity index (χ0) is 23.5. The summed E-state index contributed by atoms with van der Waals surface area (Å²) in [4.78, 5) is 34.5. The van der Waals surface area contributed by atoms with Gasteiger partial charge in [-0.25, -0.2) is 19.6 Å². The van der Waals surface area contributed by atoms with E-state index in [1.54, 1.807) is 42.7 Å². The number of carbonyl (C=O) groups excluding carboxylic acids is 2. The van der Waals surface area contributed by atoms with E-state index in [-0.39, 0.29) is 24.6 Å². The molecular weight excluding hydrogens is 424 g/mol. The van der Waals surface area contributed by atoms with Crippen LogP contribution in [0.1, 0.15) is 34.6 Å². The molecule has 0 saturated carbocycles. The van der Waals surface area contributed by atoms with Gasteiger partial charge >= 0.3 is 11.9 Å². The van der Waals surface area contributed by atoms with E-state index in [1.807, 2.05) is 24.3 Å². The second-order valence-electron chi connectivity index (χ2n) is 7.42. The minimum absolute atomic E-state index is 0.126. The van der Waals surface area contributed by atoms with Crippen LogP contribution in [-0.2, 0) is 14.2 Å². The lowest BCUT2D eigenvalue weighted by Crippen LogP contribution is -2.20. The second kappa shape index (κ2) is 9.25. The molecule has 0 saturated heterocycles. The fourth-order valence-corrected chi connectivity index (χ4v) is 3.60. The van der Waals surface area contributed by atoms with Crippen LogP contribution in [0.4, 0.5) is 5.82 Å². The first kappa shape index (κ1) is 22.2. The van der Waals surface area contributed by atoms with Crippen molar-refractivity contribution in [3.8, 4) is 5.69 Å². The molecule has 1 atom stereocenters. The SMILES string of the molecule is CCOC(=O)c1ccc(-n2c(N)c(C(=O)O[C@@H](C)COC)c3nc4ccccc4nc32)cc1. The van der Waals surface area contributed by atoms with Crippen molar-refractivity contribution >= 4 is 40.0 Å². The van der Waals surface area contributed by atoms with Crippen LogP contribution >= 0.6 is 0 Å². The maximum Gasteiger partial charge on any atom is 0.344 e. The molecule has 0 radical (unpaired) electrons. The largest absolute Gasteiger partial charge is 0.462 e. The third-order valence-corrected chi connectivity index (χ3v) is 5.05. The van der Waals surface area contributed by atoms with Crippen molar-refractivity contribution in [3.63, 3.8) is 0 Å². The van der Waals surface area contributed by atoms with Gasteiger partial charge in [0.1, 0.15) is 23.0 Å². The number of nitrogens with two attached hydrogens (primary N) is 1. The van der Waals surface area contributed by atoms with Gasteiger partial charge in [-0.2, -0.15) is 0 Å². The molecule has 4 aromatic rings. The summed E-state index contributed by atoms with van der Waals surface area (Å²) in [7, 11) is 1.53. The van der Waals surface area contributed by atoms with E-state index in [0.717, 1.165) is 0 Å². The van der Waals surface area contributed by atoms with Crippen molar-refractivity contribution in [2.24, 2.45) is 0 Å². The van der Waals surface area contributed by atoms with Crippen LogP contribution in [0.3, 0.4) is 0 Å². The average Bonchev–Trinajstić information content (AvgIpc) is 3.08. The number of fused-ring (bicyclic) bond motifs is 2. The lowest BCUT2D eigenvalue weighted by atomic mass is 10.2. The number of nitrogen functional groups attached to an aromatic ring is 1. The Labute approximate surface area is 190 Å². The summed E-state index contributed by atoms with van der Waals surface area (Å²) < 4.78 is 17.2. The van der Waals surface area contributed by atoms with Crippen molar-refractivity contribution in [2.75, 3.05) is 26.1 Å². The highest BCUT2D eigenvalue weighted by Crippen LogP contribution is 2.32. The number of para-hydroxylation sites is 2. The highest BCUT2D eigenvalue weighted by atomic mass is 16.6. The van der Waals surface area contributed by atoms with Crippen molar-refractivity contribution in [1.82, 2.24) is 14.5 Å². The Hall–Kier alpha value is -3.98. The smallest absolute Gasteiger partial charge is 0.344 e. The number of anilines is 1. The molecule has 0 aliphatic carbocycles. The van der Waals surface area contributed by atoms with E-state index < -0.39 is 18.0 Å². The number of methoxy groups -OCH3 is 1. The molecule has 9 nitrogen and oxygen atoms in total. The monoisotopic (exact) mass is 448 g/mol. The Balaban J connectivity index is 1.88. The molecule has 2 aromatic heterocycles. The molecule has 2 heterocycles. The van der Waals surface area contributed by atoms with Crippen molar-refractivity contribution in [3.05, 3.63) is 59.7 Å². The van der Waals surface area contributed by atoms with Gasteiger partial charge in [0.15, 0.2) is 5.65 Å². The number of nitrogens with zero attached hydrogens (tertiary/aromatic N) is 3. The predicted molar refractivity (Wildman–Crippen MR) is 123 cm³/mol. The third-order valence-electron chi connectivity index (χ3n) is 5.05. The molecule has 2 N–H and O–H groups in total. The normalized spacial score (nSPS) is 12.1. The second-order valence-corrected chi connectivity index (χ2v) is 7.42. The zero-order valence-corrected chi connectivity index (χ0v) is 18.6. The Morgan fingerprint density at radius 3 is 2.33 bits per heavy atom. The summed E-state index contributed by atoms with van der Waals surface area (Å²) in [6.07, 6.45) is -0.474. The standard InChI is InChI=1S/C24H24N4O5/c1-4-32-23(29)15-9-11-16(12-10-15)28-21(25)19(24(30)33-14(2)13-31-3)20-22(28)27-18-8-6-5-7-17(18)26-20/h5-12,14H,4,13,25H2,1-3H3/t14-/m0/s1.